The topological polar surface area (TPSA) is 66.6 Å². The van der Waals surface area contributed by atoms with Crippen molar-refractivity contribution in [2.24, 2.45) is 11.7 Å². The van der Waals surface area contributed by atoms with Gasteiger partial charge in [0, 0.05) is 19.5 Å². The minimum atomic E-state index is -0.239. The predicted molar refractivity (Wildman–Crippen MR) is 68.5 cm³/mol. The zero-order chi connectivity index (χ0) is 12.7. The highest BCUT2D eigenvalue weighted by Gasteiger charge is 2.24. The van der Waals surface area contributed by atoms with Crippen LogP contribution in [0, 0.1) is 5.92 Å². The molecule has 4 nitrogen and oxygen atoms in total. The Labute approximate surface area is 104 Å². The second kappa shape index (κ2) is 7.67. The number of aliphatic hydroxyl groups excluding tert-OH is 1. The Balaban J connectivity index is 2.17. The number of aliphatic hydroxyl groups is 1. The van der Waals surface area contributed by atoms with Gasteiger partial charge in [0.1, 0.15) is 0 Å². The smallest absolute Gasteiger partial charge is 0.222 e. The Morgan fingerprint density at radius 3 is 2.53 bits per heavy atom. The van der Waals surface area contributed by atoms with Crippen LogP contribution in [0.4, 0.5) is 0 Å². The van der Waals surface area contributed by atoms with Crippen LogP contribution in [0.15, 0.2) is 0 Å². The first-order valence-electron chi connectivity index (χ1n) is 6.81. The molecular weight excluding hydrogens is 216 g/mol. The SMILES string of the molecule is CC(O)C1CCN(C(=O)CCCCCN)CC1. The second-order valence-corrected chi connectivity index (χ2v) is 5.06. The average Bonchev–Trinajstić information content (AvgIpc) is 2.34. The fourth-order valence-corrected chi connectivity index (χ4v) is 2.39. The number of likely N-dealkylation sites (tertiary alicyclic amines) is 1. The summed E-state index contributed by atoms with van der Waals surface area (Å²) < 4.78 is 0. The summed E-state index contributed by atoms with van der Waals surface area (Å²) in [5.41, 5.74) is 5.41. The molecule has 0 aromatic heterocycles. The van der Waals surface area contributed by atoms with Gasteiger partial charge in [0.15, 0.2) is 0 Å². The zero-order valence-corrected chi connectivity index (χ0v) is 10.9. The molecule has 100 valence electrons. The molecule has 0 aliphatic carbocycles. The van der Waals surface area contributed by atoms with E-state index in [0.29, 0.717) is 18.9 Å². The summed E-state index contributed by atoms with van der Waals surface area (Å²) in [7, 11) is 0. The highest BCUT2D eigenvalue weighted by Crippen LogP contribution is 2.21. The lowest BCUT2D eigenvalue weighted by atomic mass is 9.92. The van der Waals surface area contributed by atoms with Crippen LogP contribution in [0.1, 0.15) is 45.4 Å². The van der Waals surface area contributed by atoms with Crippen LogP contribution in [-0.4, -0.2) is 41.7 Å². The summed E-state index contributed by atoms with van der Waals surface area (Å²) in [6.45, 7) is 4.18. The molecule has 0 aromatic rings. The number of carbonyl (C=O) groups is 1. The van der Waals surface area contributed by atoms with E-state index in [2.05, 4.69) is 0 Å². The average molecular weight is 242 g/mol. The third-order valence-electron chi connectivity index (χ3n) is 3.67. The molecule has 0 spiro atoms. The number of nitrogens with two attached hydrogens (primary N) is 1. The molecule has 3 N–H and O–H groups in total. The lowest BCUT2D eigenvalue weighted by molar-refractivity contribution is -0.133. The largest absolute Gasteiger partial charge is 0.393 e. The molecule has 1 rings (SSSR count). The molecular formula is C13H26N2O2. The van der Waals surface area contributed by atoms with Crippen molar-refractivity contribution in [1.29, 1.82) is 0 Å². The van der Waals surface area contributed by atoms with Crippen molar-refractivity contribution < 1.29 is 9.90 Å². The van der Waals surface area contributed by atoms with E-state index in [1.807, 2.05) is 11.8 Å². The van der Waals surface area contributed by atoms with Gasteiger partial charge < -0.3 is 15.7 Å². The lowest BCUT2D eigenvalue weighted by Crippen LogP contribution is -2.40. The van der Waals surface area contributed by atoms with Gasteiger partial charge in [-0.25, -0.2) is 0 Å². The molecule has 1 atom stereocenters. The van der Waals surface area contributed by atoms with Crippen LogP contribution in [0.5, 0.6) is 0 Å². The molecule has 1 aliphatic rings. The maximum Gasteiger partial charge on any atom is 0.222 e. The van der Waals surface area contributed by atoms with Crippen LogP contribution >= 0.6 is 0 Å². The first kappa shape index (κ1) is 14.5. The van der Waals surface area contributed by atoms with Gasteiger partial charge in [-0.05, 0) is 45.1 Å². The number of rotatable bonds is 6. The van der Waals surface area contributed by atoms with E-state index in [-0.39, 0.29) is 12.0 Å². The second-order valence-electron chi connectivity index (χ2n) is 5.06. The van der Waals surface area contributed by atoms with E-state index in [1.165, 1.54) is 0 Å². The Morgan fingerprint density at radius 2 is 2.00 bits per heavy atom. The van der Waals surface area contributed by atoms with Crippen LogP contribution < -0.4 is 5.73 Å². The fraction of sp³-hybridized carbons (Fsp3) is 0.923. The monoisotopic (exact) mass is 242 g/mol. The van der Waals surface area contributed by atoms with Gasteiger partial charge in [-0.2, -0.15) is 0 Å². The number of nitrogens with zero attached hydrogens (tertiary/aromatic N) is 1. The van der Waals surface area contributed by atoms with Gasteiger partial charge in [-0.15, -0.1) is 0 Å². The maximum absolute atomic E-state index is 11.9. The van der Waals surface area contributed by atoms with Crippen molar-refractivity contribution in [3.63, 3.8) is 0 Å². The van der Waals surface area contributed by atoms with Crippen LogP contribution in [-0.2, 0) is 4.79 Å². The van der Waals surface area contributed by atoms with E-state index >= 15 is 0 Å². The number of piperidine rings is 1. The number of unbranched alkanes of at least 4 members (excludes halogenated alkanes) is 2. The van der Waals surface area contributed by atoms with E-state index in [1.54, 1.807) is 0 Å². The summed E-state index contributed by atoms with van der Waals surface area (Å²) in [6.07, 6.45) is 5.30. The van der Waals surface area contributed by atoms with Crippen molar-refractivity contribution in [2.75, 3.05) is 19.6 Å². The van der Waals surface area contributed by atoms with Gasteiger partial charge in [0.2, 0.25) is 5.91 Å². The van der Waals surface area contributed by atoms with Gasteiger partial charge in [-0.1, -0.05) is 6.42 Å². The Bertz CT molecular complexity index is 223. The number of carbonyl (C=O) groups excluding carboxylic acids is 1. The summed E-state index contributed by atoms with van der Waals surface area (Å²) >= 11 is 0. The fourth-order valence-electron chi connectivity index (χ4n) is 2.39. The normalized spacial score (nSPS) is 19.4. The van der Waals surface area contributed by atoms with Crippen LogP contribution in [0.25, 0.3) is 0 Å². The van der Waals surface area contributed by atoms with E-state index < -0.39 is 0 Å². The molecule has 1 saturated heterocycles. The molecule has 0 radical (unpaired) electrons. The molecule has 1 amide bonds. The minimum Gasteiger partial charge on any atom is -0.393 e. The highest BCUT2D eigenvalue weighted by atomic mass is 16.3. The van der Waals surface area contributed by atoms with Gasteiger partial charge in [0.05, 0.1) is 6.10 Å². The zero-order valence-electron chi connectivity index (χ0n) is 10.9. The minimum absolute atomic E-state index is 0.239. The van der Waals surface area contributed by atoms with Crippen LogP contribution in [0.2, 0.25) is 0 Å². The third-order valence-corrected chi connectivity index (χ3v) is 3.67. The van der Waals surface area contributed by atoms with Gasteiger partial charge in [-0.3, -0.25) is 4.79 Å². The summed E-state index contributed by atoms with van der Waals surface area (Å²) in [6, 6.07) is 0. The number of hydrogen-bond donors (Lipinski definition) is 2. The van der Waals surface area contributed by atoms with Crippen molar-refractivity contribution in [1.82, 2.24) is 4.90 Å². The molecule has 0 aromatic carbocycles. The van der Waals surface area contributed by atoms with Gasteiger partial charge >= 0.3 is 0 Å². The third kappa shape index (κ3) is 5.04. The summed E-state index contributed by atoms with van der Waals surface area (Å²) in [5, 5.41) is 9.49. The summed E-state index contributed by atoms with van der Waals surface area (Å²) in [4.78, 5) is 13.8. The molecule has 0 bridgehead atoms. The van der Waals surface area contributed by atoms with Crippen molar-refractivity contribution in [3.8, 4) is 0 Å². The molecule has 1 fully saturated rings. The number of hydrogen-bond acceptors (Lipinski definition) is 3. The van der Waals surface area contributed by atoms with Crippen LogP contribution in [0.3, 0.4) is 0 Å². The van der Waals surface area contributed by atoms with Gasteiger partial charge in [0.25, 0.3) is 0 Å². The van der Waals surface area contributed by atoms with E-state index in [9.17, 15) is 9.90 Å². The quantitative estimate of drug-likeness (QED) is 0.686. The van der Waals surface area contributed by atoms with Crippen molar-refractivity contribution >= 4 is 5.91 Å². The van der Waals surface area contributed by atoms with E-state index in [4.69, 9.17) is 5.73 Å². The highest BCUT2D eigenvalue weighted by molar-refractivity contribution is 5.76. The first-order chi connectivity index (χ1) is 8.15. The molecule has 4 heteroatoms. The number of amides is 1. The first-order valence-corrected chi connectivity index (χ1v) is 6.81. The Hall–Kier alpha value is -0.610. The standard InChI is InChI=1S/C13H26N2O2/c1-11(16)12-6-9-15(10-7-12)13(17)5-3-2-4-8-14/h11-12,16H,2-10,14H2,1H3. The van der Waals surface area contributed by atoms with Crippen molar-refractivity contribution in [3.05, 3.63) is 0 Å². The lowest BCUT2D eigenvalue weighted by Gasteiger charge is -2.33. The molecule has 1 unspecified atom stereocenters. The summed E-state index contributed by atoms with van der Waals surface area (Å²) in [5.74, 6) is 0.641. The molecule has 0 saturated carbocycles. The molecule has 1 aliphatic heterocycles. The maximum atomic E-state index is 11.9. The Morgan fingerprint density at radius 1 is 1.35 bits per heavy atom. The molecule has 17 heavy (non-hydrogen) atoms. The van der Waals surface area contributed by atoms with Crippen molar-refractivity contribution in [2.45, 2.75) is 51.6 Å². The predicted octanol–water partition coefficient (Wildman–Crippen LogP) is 1.12. The van der Waals surface area contributed by atoms with E-state index in [0.717, 1.165) is 45.2 Å². The Kier molecular flexibility index (Phi) is 6.52. The molecule has 1 heterocycles.